The monoisotopic (exact) mass is 961 g/mol. The van der Waals surface area contributed by atoms with Crippen LogP contribution in [0.15, 0.2) is 88.6 Å². The molecular formula is C29H31N5O20S6. The number of aryl methyl sites for hydroxylation is 1. The molecule has 0 atom stereocenters. The van der Waals surface area contributed by atoms with Crippen molar-refractivity contribution in [2.75, 3.05) is 44.2 Å². The van der Waals surface area contributed by atoms with Gasteiger partial charge in [0.05, 0.1) is 47.3 Å². The minimum atomic E-state index is -5.26. The van der Waals surface area contributed by atoms with Crippen LogP contribution in [0.25, 0.3) is 10.8 Å². The van der Waals surface area contributed by atoms with Gasteiger partial charge in [0, 0.05) is 23.9 Å². The van der Waals surface area contributed by atoms with Crippen LogP contribution in [0, 0.1) is 6.92 Å². The van der Waals surface area contributed by atoms with E-state index in [4.69, 9.17) is 13.8 Å². The highest BCUT2D eigenvalue weighted by atomic mass is 32.3. The molecule has 0 heterocycles. The van der Waals surface area contributed by atoms with Crippen LogP contribution in [0.5, 0.6) is 11.5 Å². The lowest BCUT2D eigenvalue weighted by molar-refractivity contribution is 0.282. The third-order valence-corrected chi connectivity index (χ3v) is 14.0. The number of ether oxygens (including phenoxy) is 1. The topological polar surface area (TPSA) is 395 Å². The number of phenolic OH excluding ortho intramolecular Hbond substituents is 1. The highest BCUT2D eigenvalue weighted by Gasteiger charge is 2.27. The van der Waals surface area contributed by atoms with E-state index in [2.05, 4.69) is 34.1 Å². The van der Waals surface area contributed by atoms with Gasteiger partial charge in [0.2, 0.25) is 0 Å². The SMILES string of the molecule is CNc1ccc2c(OC)c(/N=N/c3cc(C)c(S(=O)(=O)CCOS(=O)(=O)O)cc3O)c(S(=O)(=O)O)cc2c1/N=N/c1ccc(S(=O)(=O)CCOS(=O)(=O)O)cc1S(=O)(=O)O. The highest BCUT2D eigenvalue weighted by Crippen LogP contribution is 2.47. The maximum Gasteiger partial charge on any atom is 0.397 e. The van der Waals surface area contributed by atoms with Crippen molar-refractivity contribution in [3.8, 4) is 11.5 Å². The first kappa shape index (κ1) is 47.9. The van der Waals surface area contributed by atoms with Crippen LogP contribution in [0.1, 0.15) is 5.56 Å². The zero-order chi connectivity index (χ0) is 45.2. The van der Waals surface area contributed by atoms with Gasteiger partial charge >= 0.3 is 20.8 Å². The minimum Gasteiger partial charge on any atom is -0.506 e. The van der Waals surface area contributed by atoms with Crippen LogP contribution in [0.3, 0.4) is 0 Å². The Morgan fingerprint density at radius 2 is 1.15 bits per heavy atom. The van der Waals surface area contributed by atoms with E-state index < -0.39 is 128 Å². The first-order valence-corrected chi connectivity index (χ1v) is 24.7. The lowest BCUT2D eigenvalue weighted by Crippen LogP contribution is -2.16. The van der Waals surface area contributed by atoms with Crippen LogP contribution in [0.4, 0.5) is 28.4 Å². The molecule has 4 aromatic rings. The Kier molecular flexibility index (Phi) is 14.1. The molecule has 31 heteroatoms. The fraction of sp³-hybridized carbons (Fsp3) is 0.241. The summed E-state index contributed by atoms with van der Waals surface area (Å²) in [6, 6.07) is 7.48. The molecule has 0 saturated carbocycles. The Hall–Kier alpha value is -4.80. The van der Waals surface area contributed by atoms with Gasteiger partial charge in [-0.15, -0.1) is 20.5 Å². The molecule has 0 unspecified atom stereocenters. The molecule has 60 heavy (non-hydrogen) atoms. The van der Waals surface area contributed by atoms with Gasteiger partial charge in [-0.3, -0.25) is 18.2 Å². The molecule has 0 aliphatic carbocycles. The van der Waals surface area contributed by atoms with Gasteiger partial charge in [0.25, 0.3) is 20.2 Å². The van der Waals surface area contributed by atoms with Gasteiger partial charge in [-0.25, -0.2) is 25.2 Å². The average Bonchev–Trinajstić information content (AvgIpc) is 3.11. The summed E-state index contributed by atoms with van der Waals surface area (Å²) >= 11 is 0. The van der Waals surface area contributed by atoms with Gasteiger partial charge in [-0.2, -0.15) is 33.7 Å². The third kappa shape index (κ3) is 11.7. The van der Waals surface area contributed by atoms with E-state index in [9.17, 15) is 64.7 Å². The van der Waals surface area contributed by atoms with Crippen molar-refractivity contribution in [2.24, 2.45) is 20.5 Å². The number of sulfone groups is 2. The molecule has 0 amide bonds. The van der Waals surface area contributed by atoms with Gasteiger partial charge in [0.1, 0.15) is 38.3 Å². The molecule has 0 aromatic heterocycles. The second-order valence-corrected chi connectivity index (χ2v) is 20.9. The number of aromatic hydroxyl groups is 1. The number of hydrogen-bond acceptors (Lipinski definition) is 21. The van der Waals surface area contributed by atoms with Crippen molar-refractivity contribution in [3.05, 3.63) is 54.1 Å². The maximum absolute atomic E-state index is 12.8. The number of hydrogen-bond donors (Lipinski definition) is 6. The molecule has 0 radical (unpaired) electrons. The number of benzene rings is 4. The number of azo groups is 2. The number of methoxy groups -OCH3 is 1. The van der Waals surface area contributed by atoms with Gasteiger partial charge < -0.3 is 15.2 Å². The summed E-state index contributed by atoms with van der Waals surface area (Å²) in [6.45, 7) is -0.748. The number of rotatable bonds is 18. The number of anilines is 1. The fourth-order valence-corrected chi connectivity index (χ4v) is 9.83. The van der Waals surface area contributed by atoms with E-state index in [1.54, 1.807) is 0 Å². The van der Waals surface area contributed by atoms with Gasteiger partial charge in [-0.05, 0) is 55.0 Å². The molecule has 0 bridgehead atoms. The summed E-state index contributed by atoms with van der Waals surface area (Å²) in [5.41, 5.74) is -1.95. The van der Waals surface area contributed by atoms with Crippen LogP contribution >= 0.6 is 0 Å². The average molecular weight is 962 g/mol. The van der Waals surface area contributed by atoms with Gasteiger partial charge in [0.15, 0.2) is 25.4 Å². The second kappa shape index (κ2) is 17.7. The highest BCUT2D eigenvalue weighted by molar-refractivity contribution is 7.92. The Morgan fingerprint density at radius 1 is 0.600 bits per heavy atom. The number of phenols is 1. The summed E-state index contributed by atoms with van der Waals surface area (Å²) in [5, 5.41) is 28.8. The molecular weight excluding hydrogens is 931 g/mol. The lowest BCUT2D eigenvalue weighted by Gasteiger charge is -2.15. The van der Waals surface area contributed by atoms with Crippen LogP contribution < -0.4 is 10.1 Å². The van der Waals surface area contributed by atoms with E-state index in [1.807, 2.05) is 0 Å². The van der Waals surface area contributed by atoms with Crippen molar-refractivity contribution >= 4 is 99.9 Å². The Morgan fingerprint density at radius 3 is 1.68 bits per heavy atom. The lowest BCUT2D eigenvalue weighted by atomic mass is 10.0. The summed E-state index contributed by atoms with van der Waals surface area (Å²) in [5.74, 6) is -3.19. The van der Waals surface area contributed by atoms with Crippen molar-refractivity contribution in [2.45, 2.75) is 26.5 Å². The summed E-state index contributed by atoms with van der Waals surface area (Å²) in [7, 11) is -26.8. The van der Waals surface area contributed by atoms with Crippen LogP contribution in [-0.4, -0.2) is 113 Å². The van der Waals surface area contributed by atoms with E-state index in [0.717, 1.165) is 37.4 Å². The quantitative estimate of drug-likeness (QED) is 0.0614. The molecule has 0 aliphatic rings. The van der Waals surface area contributed by atoms with Gasteiger partial charge in [-0.1, -0.05) is 0 Å². The van der Waals surface area contributed by atoms with Crippen molar-refractivity contribution in [1.82, 2.24) is 0 Å². The summed E-state index contributed by atoms with van der Waals surface area (Å²) < 4.78 is 196. The van der Waals surface area contributed by atoms with E-state index in [1.165, 1.54) is 26.1 Å². The maximum atomic E-state index is 12.8. The van der Waals surface area contributed by atoms with Crippen LogP contribution in [0.2, 0.25) is 0 Å². The number of fused-ring (bicyclic) bond motifs is 1. The standard InChI is InChI=1S/C29H31N5O20S6/c1-16-12-22(23(35)15-24(16)56(38,39)11-9-54-60(49,50)51)32-34-28-26(58(43,44)45)14-19-18(29(28)52-3)5-7-21(30-2)27(19)33-31-20-6-4-17(13-25(20)57(40,41)42)55(36,37)10-8-53-59(46,47)48/h4-7,12-15,30,35H,8-11H2,1-3H3,(H,40,41,42)(H,43,44,45)(H,46,47,48)(H,49,50,51)/b33-31+,34-32+. The Bertz CT molecular complexity index is 3120. The number of nitrogens with one attached hydrogen (secondary N) is 1. The van der Waals surface area contributed by atoms with E-state index >= 15 is 0 Å². The molecule has 4 aromatic carbocycles. The zero-order valence-electron chi connectivity index (χ0n) is 30.5. The predicted octanol–water partition coefficient (Wildman–Crippen LogP) is 3.41. The molecule has 328 valence electrons. The smallest absolute Gasteiger partial charge is 0.397 e. The molecule has 6 N–H and O–H groups in total. The normalized spacial score (nSPS) is 13.4. The molecule has 0 aliphatic heterocycles. The van der Waals surface area contributed by atoms with E-state index in [-0.39, 0.29) is 33.5 Å². The van der Waals surface area contributed by atoms with E-state index in [0.29, 0.717) is 6.07 Å². The third-order valence-electron chi connectivity index (χ3n) is 7.80. The van der Waals surface area contributed by atoms with Crippen molar-refractivity contribution in [1.29, 1.82) is 0 Å². The van der Waals surface area contributed by atoms with Crippen molar-refractivity contribution < 1.29 is 86.9 Å². The molecule has 0 saturated heterocycles. The molecule has 0 fully saturated rings. The minimum absolute atomic E-state index is 0.00399. The second-order valence-electron chi connectivity index (χ2n) is 11.8. The Labute approximate surface area is 342 Å². The fourth-order valence-electron chi connectivity index (χ4n) is 5.19. The Balaban J connectivity index is 1.86. The first-order chi connectivity index (χ1) is 27.5. The number of nitrogens with zero attached hydrogens (tertiary/aromatic N) is 4. The van der Waals surface area contributed by atoms with Crippen LogP contribution in [-0.2, 0) is 69.1 Å². The van der Waals surface area contributed by atoms with Crippen molar-refractivity contribution in [3.63, 3.8) is 0 Å². The zero-order valence-corrected chi connectivity index (χ0v) is 35.4. The molecule has 0 spiro atoms. The summed E-state index contributed by atoms with van der Waals surface area (Å²) in [6.07, 6.45) is 0. The predicted molar refractivity (Wildman–Crippen MR) is 206 cm³/mol. The summed E-state index contributed by atoms with van der Waals surface area (Å²) in [4.78, 5) is -3.30. The molecule has 4 rings (SSSR count). The first-order valence-electron chi connectivity index (χ1n) is 15.8. The molecule has 25 nitrogen and oxygen atoms in total. The largest absolute Gasteiger partial charge is 0.506 e.